The molecule has 0 saturated heterocycles. The number of hydrogen-bond donors (Lipinski definition) is 0. The van der Waals surface area contributed by atoms with Gasteiger partial charge in [-0.15, -0.1) is 0 Å². The second-order valence-corrected chi connectivity index (χ2v) is 11.4. The van der Waals surface area contributed by atoms with E-state index in [0.717, 1.165) is 44.7 Å². The van der Waals surface area contributed by atoms with Crippen LogP contribution in [0.2, 0.25) is 0 Å². The first-order valence-corrected chi connectivity index (χ1v) is 15.1. The van der Waals surface area contributed by atoms with Gasteiger partial charge in [-0.1, -0.05) is 96.1 Å². The Morgan fingerprint density at radius 1 is 0.467 bits per heavy atom. The lowest BCUT2D eigenvalue weighted by Crippen LogP contribution is -2.04. The molecular weight excluding hydrogens is 550 g/mol. The lowest BCUT2D eigenvalue weighted by atomic mass is 10.0. The van der Waals surface area contributed by atoms with Crippen LogP contribution in [0.1, 0.15) is 11.1 Å². The van der Waals surface area contributed by atoms with Crippen molar-refractivity contribution >= 4 is 21.8 Å². The van der Waals surface area contributed by atoms with Crippen LogP contribution in [0, 0.1) is 13.8 Å². The summed E-state index contributed by atoms with van der Waals surface area (Å²) in [5.74, 6) is 1.86. The Labute approximate surface area is 261 Å². The number of fused-ring (bicyclic) bond motifs is 3. The Morgan fingerprint density at radius 3 is 1.58 bits per heavy atom. The van der Waals surface area contributed by atoms with Crippen LogP contribution in [0.3, 0.4) is 0 Å². The molecule has 5 nitrogen and oxygen atoms in total. The fraction of sp³-hybridized carbons (Fsp3) is 0.0500. The third kappa shape index (κ3) is 4.85. The highest BCUT2D eigenvalue weighted by molar-refractivity contribution is 6.10. The van der Waals surface area contributed by atoms with E-state index in [2.05, 4.69) is 78.0 Å². The number of nitrogens with zero attached hydrogens (tertiary/aromatic N) is 5. The van der Waals surface area contributed by atoms with Crippen LogP contribution in [0.5, 0.6) is 0 Å². The molecule has 0 fully saturated rings. The van der Waals surface area contributed by atoms with E-state index in [1.807, 2.05) is 85.1 Å². The molecule has 0 amide bonds. The van der Waals surface area contributed by atoms with Gasteiger partial charge in [-0.05, 0) is 62.4 Å². The normalized spacial score (nSPS) is 11.3. The van der Waals surface area contributed by atoms with Gasteiger partial charge in [0.1, 0.15) is 0 Å². The van der Waals surface area contributed by atoms with E-state index >= 15 is 0 Å². The van der Waals surface area contributed by atoms with Crippen LogP contribution >= 0.6 is 0 Å². The summed E-state index contributed by atoms with van der Waals surface area (Å²) in [4.78, 5) is 19.9. The summed E-state index contributed by atoms with van der Waals surface area (Å²) in [6.45, 7) is 4.29. The van der Waals surface area contributed by atoms with Gasteiger partial charge in [-0.3, -0.25) is 4.98 Å². The number of hydrogen-bond acceptors (Lipinski definition) is 4. The molecule has 45 heavy (non-hydrogen) atoms. The molecule has 0 radical (unpaired) electrons. The summed E-state index contributed by atoms with van der Waals surface area (Å²) in [6, 6.07) is 46.0. The number of aromatic nitrogens is 5. The molecule has 3 aromatic heterocycles. The van der Waals surface area contributed by atoms with Crippen LogP contribution < -0.4 is 0 Å². The molecule has 0 saturated carbocycles. The highest BCUT2D eigenvalue weighted by Gasteiger charge is 2.20. The Hall–Kier alpha value is -5.94. The number of aryl methyl sites for hydroxylation is 2. The standard InChI is InChI=1S/C40H29N5/c1-26-16-19-35-31(23-26)32-24-27(2)17-20-36(32)45(35)37-21-18-30(34-15-9-10-22-41-34)25-33(37)40-43-38(28-11-5-3-6-12-28)42-39(44-40)29-13-7-4-8-14-29/h3-25H,1-2H3. The van der Waals surface area contributed by atoms with E-state index in [1.54, 1.807) is 0 Å². The molecule has 5 aromatic carbocycles. The molecule has 3 heterocycles. The Morgan fingerprint density at radius 2 is 1.02 bits per heavy atom. The van der Waals surface area contributed by atoms with Crippen molar-refractivity contribution in [2.45, 2.75) is 13.8 Å². The molecule has 0 spiro atoms. The molecule has 0 aliphatic heterocycles. The van der Waals surface area contributed by atoms with Crippen LogP contribution in [0.4, 0.5) is 0 Å². The summed E-state index contributed by atoms with van der Waals surface area (Å²) >= 11 is 0. The van der Waals surface area contributed by atoms with E-state index in [-0.39, 0.29) is 0 Å². The zero-order valence-corrected chi connectivity index (χ0v) is 25.0. The maximum absolute atomic E-state index is 5.14. The summed E-state index contributed by atoms with van der Waals surface area (Å²) in [5, 5.41) is 2.44. The predicted octanol–water partition coefficient (Wildman–Crippen LogP) is 9.65. The molecule has 8 rings (SSSR count). The topological polar surface area (TPSA) is 56.5 Å². The minimum absolute atomic E-state index is 0.602. The Kier molecular flexibility index (Phi) is 6.50. The fourth-order valence-corrected chi connectivity index (χ4v) is 6.04. The smallest absolute Gasteiger partial charge is 0.166 e. The van der Waals surface area contributed by atoms with E-state index in [4.69, 9.17) is 15.0 Å². The first kappa shape index (κ1) is 26.7. The molecule has 0 atom stereocenters. The minimum atomic E-state index is 0.602. The van der Waals surface area contributed by atoms with Crippen molar-refractivity contribution in [3.8, 4) is 51.1 Å². The van der Waals surface area contributed by atoms with E-state index in [0.29, 0.717) is 17.5 Å². The molecule has 8 aromatic rings. The van der Waals surface area contributed by atoms with Crippen LogP contribution in [0.15, 0.2) is 140 Å². The Balaban J connectivity index is 1.46. The fourth-order valence-electron chi connectivity index (χ4n) is 6.04. The van der Waals surface area contributed by atoms with Gasteiger partial charge >= 0.3 is 0 Å². The third-order valence-corrected chi connectivity index (χ3v) is 8.21. The van der Waals surface area contributed by atoms with Gasteiger partial charge in [-0.2, -0.15) is 0 Å². The van der Waals surface area contributed by atoms with Crippen molar-refractivity contribution in [1.82, 2.24) is 24.5 Å². The molecule has 0 unspecified atom stereocenters. The molecule has 214 valence electrons. The van der Waals surface area contributed by atoms with E-state index < -0.39 is 0 Å². The van der Waals surface area contributed by atoms with Crippen molar-refractivity contribution in [1.29, 1.82) is 0 Å². The van der Waals surface area contributed by atoms with Crippen molar-refractivity contribution in [3.05, 3.63) is 151 Å². The van der Waals surface area contributed by atoms with Gasteiger partial charge in [-0.25, -0.2) is 15.0 Å². The van der Waals surface area contributed by atoms with Crippen LogP contribution in [-0.4, -0.2) is 24.5 Å². The first-order chi connectivity index (χ1) is 22.1. The molecule has 0 aliphatic carbocycles. The highest BCUT2D eigenvalue weighted by atomic mass is 15.1. The van der Waals surface area contributed by atoms with Crippen molar-refractivity contribution in [3.63, 3.8) is 0 Å². The summed E-state index contributed by atoms with van der Waals surface area (Å²) < 4.78 is 2.34. The highest BCUT2D eigenvalue weighted by Crippen LogP contribution is 2.38. The van der Waals surface area contributed by atoms with Crippen molar-refractivity contribution < 1.29 is 0 Å². The zero-order chi connectivity index (χ0) is 30.3. The summed E-state index contributed by atoms with van der Waals surface area (Å²) in [7, 11) is 0. The van der Waals surface area contributed by atoms with Gasteiger partial charge in [0, 0.05) is 39.2 Å². The average Bonchev–Trinajstić information content (AvgIpc) is 3.41. The van der Waals surface area contributed by atoms with Crippen molar-refractivity contribution in [2.75, 3.05) is 0 Å². The molecule has 0 bridgehead atoms. The maximum atomic E-state index is 5.14. The number of rotatable bonds is 5. The predicted molar refractivity (Wildman–Crippen MR) is 183 cm³/mol. The van der Waals surface area contributed by atoms with Crippen molar-refractivity contribution in [2.24, 2.45) is 0 Å². The lowest BCUT2D eigenvalue weighted by molar-refractivity contribution is 1.06. The van der Waals surface area contributed by atoms with Gasteiger partial charge in [0.05, 0.1) is 22.4 Å². The average molecular weight is 580 g/mol. The van der Waals surface area contributed by atoms with Gasteiger partial charge in [0.15, 0.2) is 17.5 Å². The quantitative estimate of drug-likeness (QED) is 0.204. The van der Waals surface area contributed by atoms with E-state index in [9.17, 15) is 0 Å². The second-order valence-electron chi connectivity index (χ2n) is 11.4. The van der Waals surface area contributed by atoms with Gasteiger partial charge in [0.2, 0.25) is 0 Å². The first-order valence-electron chi connectivity index (χ1n) is 15.1. The van der Waals surface area contributed by atoms with Crippen LogP contribution in [-0.2, 0) is 0 Å². The molecular formula is C40H29N5. The Bertz CT molecular complexity index is 2210. The monoisotopic (exact) mass is 579 g/mol. The van der Waals surface area contributed by atoms with Gasteiger partial charge in [0.25, 0.3) is 0 Å². The molecule has 0 aliphatic rings. The SMILES string of the molecule is Cc1ccc2c(c1)c1cc(C)ccc1n2-c1ccc(-c2ccccn2)cc1-c1nc(-c2ccccc2)nc(-c2ccccc2)n1. The second kappa shape index (κ2) is 11.0. The largest absolute Gasteiger partial charge is 0.309 e. The molecule has 5 heteroatoms. The lowest BCUT2D eigenvalue weighted by Gasteiger charge is -2.16. The minimum Gasteiger partial charge on any atom is -0.309 e. The number of pyridine rings is 1. The zero-order valence-electron chi connectivity index (χ0n) is 25.0. The summed E-state index contributed by atoms with van der Waals surface area (Å²) in [6.07, 6.45) is 1.82. The number of benzene rings is 5. The van der Waals surface area contributed by atoms with Crippen LogP contribution in [0.25, 0.3) is 72.9 Å². The van der Waals surface area contributed by atoms with Gasteiger partial charge < -0.3 is 4.57 Å². The third-order valence-electron chi connectivity index (χ3n) is 8.21. The van der Waals surface area contributed by atoms with E-state index in [1.165, 1.54) is 21.9 Å². The summed E-state index contributed by atoms with van der Waals surface area (Å²) in [5.41, 5.74) is 10.4. The maximum Gasteiger partial charge on any atom is 0.166 e. The molecule has 0 N–H and O–H groups in total.